The van der Waals surface area contributed by atoms with Crippen LogP contribution in [0.1, 0.15) is 38.8 Å². The Hall–Kier alpha value is -2.08. The van der Waals surface area contributed by atoms with Crippen molar-refractivity contribution in [2.24, 2.45) is 4.99 Å². The molecule has 1 aliphatic rings. The van der Waals surface area contributed by atoms with E-state index in [1.54, 1.807) is 6.92 Å². The summed E-state index contributed by atoms with van der Waals surface area (Å²) >= 11 is 0. The van der Waals surface area contributed by atoms with Gasteiger partial charge < -0.3 is 15.1 Å². The van der Waals surface area contributed by atoms with Crippen LogP contribution in [-0.2, 0) is 17.9 Å². The zero-order chi connectivity index (χ0) is 19.6. The Kier molecular flexibility index (Phi) is 8.58. The van der Waals surface area contributed by atoms with Crippen molar-refractivity contribution >= 4 is 11.9 Å². The van der Waals surface area contributed by atoms with Crippen LogP contribution in [0.25, 0.3) is 0 Å². The molecule has 0 atom stereocenters. The fourth-order valence-corrected chi connectivity index (χ4v) is 3.37. The van der Waals surface area contributed by atoms with Crippen LogP contribution in [0.2, 0.25) is 0 Å². The van der Waals surface area contributed by atoms with E-state index in [4.69, 9.17) is 4.99 Å². The number of guanidine groups is 1. The third-order valence-electron chi connectivity index (χ3n) is 5.17. The highest BCUT2D eigenvalue weighted by Crippen LogP contribution is 2.13. The minimum absolute atomic E-state index is 0.155. The van der Waals surface area contributed by atoms with E-state index < -0.39 is 0 Å². The molecular formula is C21H35N5O. The number of benzene rings is 1. The number of amides is 1. The van der Waals surface area contributed by atoms with Crippen LogP contribution < -0.4 is 5.32 Å². The predicted molar refractivity (Wildman–Crippen MR) is 112 cm³/mol. The minimum atomic E-state index is 0.155. The van der Waals surface area contributed by atoms with Gasteiger partial charge in [0, 0.05) is 46.2 Å². The fourth-order valence-electron chi connectivity index (χ4n) is 3.37. The summed E-state index contributed by atoms with van der Waals surface area (Å²) in [5.41, 5.74) is 2.63. The first-order valence-corrected chi connectivity index (χ1v) is 10.2. The molecule has 6 nitrogen and oxygen atoms in total. The summed E-state index contributed by atoms with van der Waals surface area (Å²) in [4.78, 5) is 23.0. The van der Waals surface area contributed by atoms with E-state index in [1.807, 2.05) is 4.90 Å². The monoisotopic (exact) mass is 373 g/mol. The molecule has 1 amide bonds. The molecule has 0 bridgehead atoms. The molecule has 1 saturated heterocycles. The molecular weight excluding hydrogens is 338 g/mol. The lowest BCUT2D eigenvalue weighted by Gasteiger charge is -2.36. The molecule has 0 aromatic heterocycles. The number of hydrogen-bond donors (Lipinski definition) is 1. The first kappa shape index (κ1) is 21.2. The first-order valence-electron chi connectivity index (χ1n) is 10.2. The van der Waals surface area contributed by atoms with Gasteiger partial charge in [-0.25, -0.2) is 4.99 Å². The largest absolute Gasteiger partial charge is 0.357 e. The lowest BCUT2D eigenvalue weighted by Crippen LogP contribution is -2.53. The average Bonchev–Trinajstić information content (AvgIpc) is 2.70. The number of nitrogens with one attached hydrogen (secondary N) is 1. The van der Waals surface area contributed by atoms with Crippen LogP contribution in [0.15, 0.2) is 29.3 Å². The molecule has 27 heavy (non-hydrogen) atoms. The second kappa shape index (κ2) is 10.9. The lowest BCUT2D eigenvalue weighted by molar-refractivity contribution is -0.130. The molecule has 1 N–H and O–H groups in total. The molecule has 1 aromatic carbocycles. The van der Waals surface area contributed by atoms with E-state index in [0.717, 1.165) is 58.3 Å². The normalized spacial score (nSPS) is 15.4. The van der Waals surface area contributed by atoms with Gasteiger partial charge in [0.15, 0.2) is 5.96 Å². The Balaban J connectivity index is 2.08. The van der Waals surface area contributed by atoms with Gasteiger partial charge in [0.05, 0.1) is 6.54 Å². The fraction of sp³-hybridized carbons (Fsp3) is 0.619. The van der Waals surface area contributed by atoms with Crippen LogP contribution in [0.4, 0.5) is 0 Å². The van der Waals surface area contributed by atoms with Crippen molar-refractivity contribution in [1.82, 2.24) is 20.0 Å². The summed E-state index contributed by atoms with van der Waals surface area (Å²) in [7, 11) is 0. The highest BCUT2D eigenvalue weighted by Gasteiger charge is 2.20. The highest BCUT2D eigenvalue weighted by atomic mass is 16.2. The van der Waals surface area contributed by atoms with Crippen LogP contribution in [0.3, 0.4) is 0 Å². The van der Waals surface area contributed by atoms with Crippen molar-refractivity contribution in [1.29, 1.82) is 0 Å². The molecule has 2 rings (SSSR count). The van der Waals surface area contributed by atoms with Gasteiger partial charge in [0.1, 0.15) is 0 Å². The number of carbonyl (C=O) groups is 1. The Labute approximate surface area is 164 Å². The van der Waals surface area contributed by atoms with Gasteiger partial charge in [-0.1, -0.05) is 38.1 Å². The van der Waals surface area contributed by atoms with Crippen LogP contribution in [0.5, 0.6) is 0 Å². The molecule has 0 aliphatic carbocycles. The van der Waals surface area contributed by atoms with Gasteiger partial charge >= 0.3 is 0 Å². The number of rotatable bonds is 7. The van der Waals surface area contributed by atoms with Crippen LogP contribution >= 0.6 is 0 Å². The van der Waals surface area contributed by atoms with Crippen molar-refractivity contribution in [3.05, 3.63) is 35.4 Å². The maximum atomic E-state index is 11.5. The van der Waals surface area contributed by atoms with E-state index >= 15 is 0 Å². The van der Waals surface area contributed by atoms with E-state index in [0.29, 0.717) is 6.54 Å². The average molecular weight is 374 g/mol. The van der Waals surface area contributed by atoms with Gasteiger partial charge in [0.25, 0.3) is 0 Å². The number of piperazine rings is 1. The first-order chi connectivity index (χ1) is 13.1. The van der Waals surface area contributed by atoms with E-state index in [9.17, 15) is 4.79 Å². The standard InChI is InChI=1S/C21H35N5O/c1-5-22-21(26-14-12-25(13-15-26)18(4)27)23-16-19-10-8-9-11-20(19)17-24(6-2)7-3/h8-11H,5-7,12-17H2,1-4H3,(H,22,23). The SMILES string of the molecule is CCNC(=NCc1ccccc1CN(CC)CC)N1CCN(C(C)=O)CC1. The topological polar surface area (TPSA) is 51.2 Å². The smallest absolute Gasteiger partial charge is 0.219 e. The number of aliphatic imine (C=N–C) groups is 1. The molecule has 0 radical (unpaired) electrons. The maximum absolute atomic E-state index is 11.5. The van der Waals surface area contributed by atoms with Crippen molar-refractivity contribution in [2.75, 3.05) is 45.8 Å². The quantitative estimate of drug-likeness (QED) is 0.588. The Morgan fingerprint density at radius 1 is 1.04 bits per heavy atom. The Bertz CT molecular complexity index is 619. The summed E-state index contributed by atoms with van der Waals surface area (Å²) in [5, 5.41) is 3.41. The second-order valence-electron chi connectivity index (χ2n) is 6.89. The van der Waals surface area contributed by atoms with Crippen LogP contribution in [-0.4, -0.2) is 72.4 Å². The predicted octanol–water partition coefficient (Wildman–Crippen LogP) is 2.16. The zero-order valence-corrected chi connectivity index (χ0v) is 17.4. The Morgan fingerprint density at radius 2 is 1.63 bits per heavy atom. The Morgan fingerprint density at radius 3 is 2.19 bits per heavy atom. The molecule has 1 aromatic rings. The molecule has 6 heteroatoms. The van der Waals surface area contributed by atoms with Gasteiger partial charge in [-0.2, -0.15) is 0 Å². The third-order valence-corrected chi connectivity index (χ3v) is 5.17. The maximum Gasteiger partial charge on any atom is 0.219 e. The van der Waals surface area contributed by atoms with Gasteiger partial charge in [0.2, 0.25) is 5.91 Å². The van der Waals surface area contributed by atoms with Crippen molar-refractivity contribution in [3.8, 4) is 0 Å². The van der Waals surface area contributed by atoms with Crippen molar-refractivity contribution in [3.63, 3.8) is 0 Å². The number of carbonyl (C=O) groups excluding carboxylic acids is 1. The van der Waals surface area contributed by atoms with Gasteiger partial charge in [-0.3, -0.25) is 9.69 Å². The molecule has 150 valence electrons. The molecule has 1 aliphatic heterocycles. The number of hydrogen-bond acceptors (Lipinski definition) is 3. The van der Waals surface area contributed by atoms with E-state index in [1.165, 1.54) is 11.1 Å². The summed E-state index contributed by atoms with van der Waals surface area (Å²) in [6, 6.07) is 8.59. The molecule has 1 heterocycles. The molecule has 1 fully saturated rings. The summed E-state index contributed by atoms with van der Waals surface area (Å²) in [6.07, 6.45) is 0. The van der Waals surface area contributed by atoms with Crippen molar-refractivity contribution in [2.45, 2.75) is 40.8 Å². The van der Waals surface area contributed by atoms with Gasteiger partial charge in [-0.05, 0) is 31.1 Å². The number of nitrogens with zero attached hydrogens (tertiary/aromatic N) is 4. The lowest BCUT2D eigenvalue weighted by atomic mass is 10.1. The summed E-state index contributed by atoms with van der Waals surface area (Å²) in [5.74, 6) is 1.10. The zero-order valence-electron chi connectivity index (χ0n) is 17.4. The van der Waals surface area contributed by atoms with E-state index in [2.05, 4.69) is 60.2 Å². The highest BCUT2D eigenvalue weighted by molar-refractivity contribution is 5.80. The molecule has 0 saturated carbocycles. The molecule has 0 unspecified atom stereocenters. The third kappa shape index (κ3) is 6.24. The molecule has 0 spiro atoms. The van der Waals surface area contributed by atoms with Crippen molar-refractivity contribution < 1.29 is 4.79 Å². The summed E-state index contributed by atoms with van der Waals surface area (Å²) in [6.45, 7) is 15.9. The minimum Gasteiger partial charge on any atom is -0.357 e. The van der Waals surface area contributed by atoms with E-state index in [-0.39, 0.29) is 5.91 Å². The van der Waals surface area contributed by atoms with Gasteiger partial charge in [-0.15, -0.1) is 0 Å². The second-order valence-corrected chi connectivity index (χ2v) is 6.89. The van der Waals surface area contributed by atoms with Crippen LogP contribution in [0, 0.1) is 0 Å². The summed E-state index contributed by atoms with van der Waals surface area (Å²) < 4.78 is 0.